The van der Waals surface area contributed by atoms with Gasteiger partial charge in [0.05, 0.1) is 6.04 Å². The molecule has 2 fully saturated rings. The summed E-state index contributed by atoms with van der Waals surface area (Å²) in [5.74, 6) is -0.594. The highest BCUT2D eigenvalue weighted by Crippen LogP contribution is 2.51. The van der Waals surface area contributed by atoms with Gasteiger partial charge in [0, 0.05) is 31.4 Å². The summed E-state index contributed by atoms with van der Waals surface area (Å²) < 4.78 is 0. The number of fused-ring (bicyclic) bond motifs is 4. The molecule has 0 bridgehead atoms. The zero-order valence-corrected chi connectivity index (χ0v) is 18.3. The molecule has 7 heteroatoms. The van der Waals surface area contributed by atoms with Crippen molar-refractivity contribution in [3.63, 3.8) is 0 Å². The van der Waals surface area contributed by atoms with Crippen molar-refractivity contribution in [2.45, 2.75) is 31.2 Å². The Morgan fingerprint density at radius 1 is 0.968 bits per heavy atom. The first kappa shape index (κ1) is 20.1. The second-order valence-electron chi connectivity index (χ2n) is 8.77. The van der Waals surface area contributed by atoms with Crippen molar-refractivity contribution in [2.75, 3.05) is 25.5 Å². The van der Waals surface area contributed by atoms with Crippen molar-refractivity contribution < 1.29 is 14.4 Å². The first-order valence-corrected chi connectivity index (χ1v) is 10.9. The van der Waals surface area contributed by atoms with Crippen LogP contribution >= 0.6 is 11.6 Å². The fraction of sp³-hybridized carbons (Fsp3) is 0.375. The predicted octanol–water partition coefficient (Wildman–Crippen LogP) is 3.69. The molecule has 0 unspecified atom stereocenters. The topological polar surface area (TPSA) is 60.9 Å². The van der Waals surface area contributed by atoms with Crippen LogP contribution in [0.15, 0.2) is 48.5 Å². The number of imide groups is 2. The van der Waals surface area contributed by atoms with Gasteiger partial charge in [-0.05, 0) is 48.4 Å². The molecular formula is C24H24ClN3O3. The van der Waals surface area contributed by atoms with E-state index in [1.165, 1.54) is 19.7 Å². The number of amides is 4. The van der Waals surface area contributed by atoms with Crippen LogP contribution in [0.3, 0.4) is 0 Å². The van der Waals surface area contributed by atoms with Crippen LogP contribution in [0.2, 0.25) is 5.02 Å². The first-order chi connectivity index (χ1) is 14.8. The molecular weight excluding hydrogens is 414 g/mol. The lowest BCUT2D eigenvalue weighted by molar-refractivity contribution is -0.159. The van der Waals surface area contributed by atoms with Crippen molar-refractivity contribution >= 4 is 35.1 Å². The lowest BCUT2D eigenvalue weighted by atomic mass is 9.64. The molecule has 3 heterocycles. The van der Waals surface area contributed by atoms with Crippen LogP contribution in [-0.2, 0) is 16.0 Å². The van der Waals surface area contributed by atoms with E-state index in [9.17, 15) is 14.4 Å². The highest BCUT2D eigenvalue weighted by atomic mass is 35.5. The Balaban J connectivity index is 1.66. The van der Waals surface area contributed by atoms with E-state index >= 15 is 0 Å². The van der Waals surface area contributed by atoms with E-state index in [4.69, 9.17) is 11.6 Å². The molecule has 4 amide bonds. The monoisotopic (exact) mass is 437 g/mol. The number of piperidine rings is 1. The van der Waals surface area contributed by atoms with Gasteiger partial charge in [0.2, 0.25) is 11.8 Å². The fourth-order valence-corrected chi connectivity index (χ4v) is 5.81. The molecule has 0 aliphatic carbocycles. The third kappa shape index (κ3) is 2.81. The van der Waals surface area contributed by atoms with Crippen molar-refractivity contribution in [1.29, 1.82) is 0 Å². The number of nitrogens with zero attached hydrogens (tertiary/aromatic N) is 3. The lowest BCUT2D eigenvalue weighted by Gasteiger charge is -2.55. The molecule has 1 spiro atoms. The van der Waals surface area contributed by atoms with Crippen LogP contribution in [0.25, 0.3) is 0 Å². The van der Waals surface area contributed by atoms with E-state index in [1.54, 1.807) is 6.07 Å². The maximum absolute atomic E-state index is 13.6. The summed E-state index contributed by atoms with van der Waals surface area (Å²) in [6.07, 6.45) is 1.83. The summed E-state index contributed by atoms with van der Waals surface area (Å²) in [6.45, 7) is 0.710. The Morgan fingerprint density at radius 3 is 2.32 bits per heavy atom. The normalized spacial score (nSPS) is 25.0. The third-order valence-corrected chi connectivity index (χ3v) is 7.45. The number of hydrogen-bond donors (Lipinski definition) is 0. The van der Waals surface area contributed by atoms with Gasteiger partial charge in [-0.2, -0.15) is 0 Å². The summed E-state index contributed by atoms with van der Waals surface area (Å²) >= 11 is 6.31. The number of anilines is 1. The summed E-state index contributed by atoms with van der Waals surface area (Å²) in [5, 5.41) is 0.629. The largest absolute Gasteiger partial charge is 0.367 e. The number of barbiturate groups is 1. The molecule has 31 heavy (non-hydrogen) atoms. The minimum absolute atomic E-state index is 0.230. The van der Waals surface area contributed by atoms with Gasteiger partial charge in [0.1, 0.15) is 0 Å². The molecule has 6 nitrogen and oxygen atoms in total. The van der Waals surface area contributed by atoms with E-state index < -0.39 is 23.3 Å². The number of carbonyl (C=O) groups excluding carboxylic acids is 3. The van der Waals surface area contributed by atoms with Gasteiger partial charge in [-0.25, -0.2) is 4.79 Å². The van der Waals surface area contributed by atoms with Crippen LogP contribution in [0.1, 0.15) is 29.9 Å². The highest BCUT2D eigenvalue weighted by Gasteiger charge is 2.63. The number of hydrogen-bond acceptors (Lipinski definition) is 4. The van der Waals surface area contributed by atoms with Crippen LogP contribution in [0.5, 0.6) is 0 Å². The molecule has 2 aromatic carbocycles. The second-order valence-corrected chi connectivity index (χ2v) is 9.21. The van der Waals surface area contributed by atoms with Gasteiger partial charge >= 0.3 is 6.03 Å². The van der Waals surface area contributed by atoms with Gasteiger partial charge in [-0.1, -0.05) is 48.0 Å². The maximum atomic E-state index is 13.6. The maximum Gasteiger partial charge on any atom is 0.332 e. The minimum Gasteiger partial charge on any atom is -0.367 e. The zero-order chi connectivity index (χ0) is 21.9. The van der Waals surface area contributed by atoms with Crippen molar-refractivity contribution in [1.82, 2.24) is 9.80 Å². The van der Waals surface area contributed by atoms with E-state index in [2.05, 4.69) is 17.0 Å². The molecule has 0 aromatic heterocycles. The Kier molecular flexibility index (Phi) is 4.59. The number of rotatable bonds is 1. The van der Waals surface area contributed by atoms with E-state index in [-0.39, 0.29) is 18.4 Å². The van der Waals surface area contributed by atoms with Gasteiger partial charge in [-0.3, -0.25) is 19.4 Å². The van der Waals surface area contributed by atoms with Crippen LogP contribution in [-0.4, -0.2) is 54.3 Å². The highest BCUT2D eigenvalue weighted by molar-refractivity contribution is 6.31. The average Bonchev–Trinajstić information content (AvgIpc) is 2.80. The number of urea groups is 1. The van der Waals surface area contributed by atoms with Crippen LogP contribution < -0.4 is 4.90 Å². The quantitative estimate of drug-likeness (QED) is 0.638. The molecule has 160 valence electrons. The fourth-order valence-electron chi connectivity index (χ4n) is 5.65. The van der Waals surface area contributed by atoms with E-state index in [0.29, 0.717) is 18.0 Å². The van der Waals surface area contributed by atoms with Crippen molar-refractivity contribution in [3.05, 3.63) is 64.7 Å². The lowest BCUT2D eigenvalue weighted by Crippen LogP contribution is -2.72. The van der Waals surface area contributed by atoms with Crippen LogP contribution in [0.4, 0.5) is 10.5 Å². The molecule has 0 saturated carbocycles. The molecule has 2 saturated heterocycles. The van der Waals surface area contributed by atoms with Gasteiger partial charge < -0.3 is 4.90 Å². The van der Waals surface area contributed by atoms with Gasteiger partial charge in [-0.15, -0.1) is 0 Å². The molecule has 3 aliphatic heterocycles. The second kappa shape index (κ2) is 7.09. The standard InChI is InChI=1S/C24H24ClN3O3/c1-26-21(29)24(22(30)27(2)23(26)31)14-17-8-9-18(25)13-19(17)28-11-10-16(12-20(24)28)15-6-4-3-5-7-15/h3-9,13,16,20H,10-12,14H2,1-2H3/t16-,20-/m1/s1. The number of carbonyl (C=O) groups is 3. The van der Waals surface area contributed by atoms with E-state index in [0.717, 1.165) is 27.5 Å². The average molecular weight is 438 g/mol. The molecule has 2 atom stereocenters. The smallest absolute Gasteiger partial charge is 0.332 e. The molecule has 0 N–H and O–H groups in total. The number of benzene rings is 2. The Hall–Kier alpha value is -2.86. The Bertz CT molecular complexity index is 1060. The Morgan fingerprint density at radius 2 is 1.65 bits per heavy atom. The van der Waals surface area contributed by atoms with E-state index in [1.807, 2.05) is 30.3 Å². The molecule has 5 rings (SSSR count). The Labute approximate surface area is 186 Å². The minimum atomic E-state index is -1.33. The van der Waals surface area contributed by atoms with Crippen LogP contribution in [0, 0.1) is 5.41 Å². The first-order valence-electron chi connectivity index (χ1n) is 10.5. The molecule has 2 aromatic rings. The summed E-state index contributed by atoms with van der Waals surface area (Å²) in [7, 11) is 2.93. The van der Waals surface area contributed by atoms with Gasteiger partial charge in [0.15, 0.2) is 5.41 Å². The third-order valence-electron chi connectivity index (χ3n) is 7.21. The summed E-state index contributed by atoms with van der Waals surface area (Å²) in [4.78, 5) is 44.2. The van der Waals surface area contributed by atoms with Crippen molar-refractivity contribution in [2.24, 2.45) is 5.41 Å². The number of halogens is 1. The molecule has 3 aliphatic rings. The SMILES string of the molecule is CN1C(=O)N(C)C(=O)C2(Cc3ccc(Cl)cc3N3CC[C@@H](c4ccccc4)C[C@@H]32)C1=O. The van der Waals surface area contributed by atoms with Gasteiger partial charge in [0.25, 0.3) is 0 Å². The predicted molar refractivity (Wildman–Crippen MR) is 118 cm³/mol. The zero-order valence-electron chi connectivity index (χ0n) is 17.5. The van der Waals surface area contributed by atoms with Crippen molar-refractivity contribution in [3.8, 4) is 0 Å². The summed E-state index contributed by atoms with van der Waals surface area (Å²) in [6, 6.07) is 14.9. The molecule has 0 radical (unpaired) electrons. The summed E-state index contributed by atoms with van der Waals surface area (Å²) in [5.41, 5.74) is 1.78.